The van der Waals surface area contributed by atoms with Crippen molar-refractivity contribution in [2.75, 3.05) is 28.6 Å². The fraction of sp³-hybridized carbons (Fsp3) is 0.360. The predicted octanol–water partition coefficient (Wildman–Crippen LogP) is 3.19. The largest absolute Gasteiger partial charge is 0.322 e. The number of likely N-dealkylation sites (tertiary alicyclic amines) is 1. The van der Waals surface area contributed by atoms with E-state index in [9.17, 15) is 18.8 Å². The van der Waals surface area contributed by atoms with Gasteiger partial charge in [-0.3, -0.25) is 9.59 Å². The number of urea groups is 1. The lowest BCUT2D eigenvalue weighted by atomic mass is 10.0. The van der Waals surface area contributed by atoms with Crippen molar-refractivity contribution in [3.8, 4) is 0 Å². The molecule has 5 rings (SSSR count). The van der Waals surface area contributed by atoms with E-state index in [1.54, 1.807) is 23.1 Å². The first-order valence-corrected chi connectivity index (χ1v) is 12.2. The van der Waals surface area contributed by atoms with Gasteiger partial charge in [-0.25, -0.2) is 9.18 Å². The summed E-state index contributed by atoms with van der Waals surface area (Å²) in [7, 11) is 0. The summed E-state index contributed by atoms with van der Waals surface area (Å²) >= 11 is 0. The summed E-state index contributed by atoms with van der Waals surface area (Å²) in [5, 5.41) is 19.4. The second kappa shape index (κ2) is 10.3. The van der Waals surface area contributed by atoms with Crippen LogP contribution in [0.5, 0.6) is 0 Å². The van der Waals surface area contributed by atoms with Gasteiger partial charge in [0.1, 0.15) is 11.9 Å². The van der Waals surface area contributed by atoms with Gasteiger partial charge >= 0.3 is 6.03 Å². The fourth-order valence-electron chi connectivity index (χ4n) is 4.74. The Hall–Kier alpha value is -4.35. The zero-order valence-electron chi connectivity index (χ0n) is 20.3. The Bertz CT molecular complexity index is 1300. The third-order valence-corrected chi connectivity index (χ3v) is 6.74. The first-order chi connectivity index (χ1) is 17.9. The van der Waals surface area contributed by atoms with Crippen molar-refractivity contribution in [2.45, 2.75) is 44.6 Å². The maximum absolute atomic E-state index is 15.0. The number of piperidine rings is 1. The Kier molecular flexibility index (Phi) is 6.80. The van der Waals surface area contributed by atoms with Gasteiger partial charge in [0, 0.05) is 36.8 Å². The second-order valence-corrected chi connectivity index (χ2v) is 9.32. The molecule has 37 heavy (non-hydrogen) atoms. The molecule has 1 aromatic heterocycles. The molecule has 12 heteroatoms. The standard InChI is InChI=1S/C25H27FN8O3/c1-15-5-7-17(8-6-15)27-25(37)34-14-16(23-29-31-32-30-23)12-21(34)24(36)28-20-10-9-18(13-19(20)26)33-11-3-2-4-22(33)35/h5-10,13,16,21H,2-4,11-12,14H2,1H3,(H,27,37)(H,28,36)(H,29,30,31,32)/t16-,21-/m1/s1. The predicted molar refractivity (Wildman–Crippen MR) is 133 cm³/mol. The number of tetrazole rings is 1. The molecule has 2 atom stereocenters. The molecule has 0 aliphatic carbocycles. The molecule has 2 aliphatic heterocycles. The van der Waals surface area contributed by atoms with Crippen molar-refractivity contribution in [1.29, 1.82) is 0 Å². The summed E-state index contributed by atoms with van der Waals surface area (Å²) in [4.78, 5) is 41.6. The second-order valence-electron chi connectivity index (χ2n) is 9.32. The van der Waals surface area contributed by atoms with Crippen LogP contribution >= 0.6 is 0 Å². The Labute approximate surface area is 212 Å². The molecule has 0 bridgehead atoms. The third kappa shape index (κ3) is 5.27. The Morgan fingerprint density at radius 2 is 1.92 bits per heavy atom. The number of carbonyl (C=O) groups is 3. The number of carbonyl (C=O) groups excluding carboxylic acids is 3. The van der Waals surface area contributed by atoms with E-state index >= 15 is 0 Å². The maximum atomic E-state index is 15.0. The molecule has 11 nitrogen and oxygen atoms in total. The number of benzene rings is 2. The number of nitrogens with one attached hydrogen (secondary N) is 3. The number of hydrogen-bond donors (Lipinski definition) is 3. The SMILES string of the molecule is Cc1ccc(NC(=O)N2C[C@H](c3nn[nH]n3)C[C@@H]2C(=O)Nc2ccc(N3CCCCC3=O)cc2F)cc1. The lowest BCUT2D eigenvalue weighted by Crippen LogP contribution is -2.45. The van der Waals surface area contributed by atoms with Crippen LogP contribution in [0, 0.1) is 12.7 Å². The highest BCUT2D eigenvalue weighted by Gasteiger charge is 2.42. The van der Waals surface area contributed by atoms with Crippen LogP contribution in [0.25, 0.3) is 0 Å². The molecule has 2 aliphatic rings. The van der Waals surface area contributed by atoms with Gasteiger partial charge in [0.2, 0.25) is 11.8 Å². The number of aromatic nitrogens is 4. The van der Waals surface area contributed by atoms with Crippen molar-refractivity contribution in [2.24, 2.45) is 0 Å². The highest BCUT2D eigenvalue weighted by atomic mass is 19.1. The average molecular weight is 507 g/mol. The minimum absolute atomic E-state index is 0.0277. The molecule has 0 saturated carbocycles. The van der Waals surface area contributed by atoms with E-state index < -0.39 is 23.8 Å². The van der Waals surface area contributed by atoms with Gasteiger partial charge in [-0.05, 0) is 56.5 Å². The topological polar surface area (TPSA) is 136 Å². The Morgan fingerprint density at radius 1 is 1.11 bits per heavy atom. The minimum Gasteiger partial charge on any atom is -0.322 e. The van der Waals surface area contributed by atoms with Crippen LogP contribution in [0.4, 0.5) is 26.2 Å². The van der Waals surface area contributed by atoms with Crippen LogP contribution < -0.4 is 15.5 Å². The van der Waals surface area contributed by atoms with Crippen LogP contribution in [0.15, 0.2) is 42.5 Å². The van der Waals surface area contributed by atoms with E-state index in [0.29, 0.717) is 30.2 Å². The van der Waals surface area contributed by atoms with Crippen molar-refractivity contribution in [1.82, 2.24) is 25.5 Å². The number of anilines is 3. The van der Waals surface area contributed by atoms with E-state index in [4.69, 9.17) is 0 Å². The fourth-order valence-corrected chi connectivity index (χ4v) is 4.74. The minimum atomic E-state index is -0.892. The van der Waals surface area contributed by atoms with E-state index in [1.165, 1.54) is 17.0 Å². The highest BCUT2D eigenvalue weighted by Crippen LogP contribution is 2.32. The van der Waals surface area contributed by atoms with Gasteiger partial charge in [0.15, 0.2) is 5.82 Å². The number of rotatable bonds is 5. The average Bonchev–Trinajstić information content (AvgIpc) is 3.57. The molecule has 0 radical (unpaired) electrons. The zero-order chi connectivity index (χ0) is 25.9. The zero-order valence-corrected chi connectivity index (χ0v) is 20.3. The molecule has 3 aromatic rings. The van der Waals surface area contributed by atoms with Gasteiger partial charge in [-0.1, -0.05) is 22.9 Å². The van der Waals surface area contributed by atoms with Crippen molar-refractivity contribution < 1.29 is 18.8 Å². The van der Waals surface area contributed by atoms with Crippen LogP contribution in [0.2, 0.25) is 0 Å². The summed E-state index contributed by atoms with van der Waals surface area (Å²) in [6.45, 7) is 2.67. The molecule has 0 spiro atoms. The smallest absolute Gasteiger partial charge is 0.322 e. The van der Waals surface area contributed by atoms with E-state index in [0.717, 1.165) is 18.4 Å². The maximum Gasteiger partial charge on any atom is 0.322 e. The third-order valence-electron chi connectivity index (χ3n) is 6.74. The molecule has 192 valence electrons. The Morgan fingerprint density at radius 3 is 2.62 bits per heavy atom. The molecule has 3 N–H and O–H groups in total. The number of nitrogens with zero attached hydrogens (tertiary/aromatic N) is 5. The number of hydrogen-bond acceptors (Lipinski definition) is 6. The van der Waals surface area contributed by atoms with Crippen LogP contribution in [0.1, 0.15) is 43.0 Å². The lowest BCUT2D eigenvalue weighted by molar-refractivity contribution is -0.120. The van der Waals surface area contributed by atoms with Gasteiger partial charge in [0.25, 0.3) is 0 Å². The molecular formula is C25H27FN8O3. The molecule has 3 heterocycles. The highest BCUT2D eigenvalue weighted by molar-refractivity contribution is 6.00. The van der Waals surface area contributed by atoms with E-state index in [2.05, 4.69) is 31.3 Å². The number of aryl methyl sites for hydroxylation is 1. The first kappa shape index (κ1) is 24.3. The molecule has 0 unspecified atom stereocenters. The van der Waals surface area contributed by atoms with Gasteiger partial charge in [0.05, 0.1) is 5.69 Å². The summed E-state index contributed by atoms with van der Waals surface area (Å²) < 4.78 is 15.0. The number of amides is 4. The van der Waals surface area contributed by atoms with Gasteiger partial charge < -0.3 is 20.4 Å². The summed E-state index contributed by atoms with van der Waals surface area (Å²) in [6.07, 6.45) is 2.36. The quantitative estimate of drug-likeness (QED) is 0.486. The summed E-state index contributed by atoms with van der Waals surface area (Å²) in [5.41, 5.74) is 2.07. The number of H-pyrrole nitrogens is 1. The summed E-state index contributed by atoms with van der Waals surface area (Å²) in [5.74, 6) is -1.17. The van der Waals surface area contributed by atoms with Crippen molar-refractivity contribution in [3.05, 3.63) is 59.7 Å². The molecule has 4 amide bonds. The normalized spacial score (nSPS) is 19.7. The van der Waals surface area contributed by atoms with Gasteiger partial charge in [-0.15, -0.1) is 10.2 Å². The van der Waals surface area contributed by atoms with E-state index in [-0.39, 0.29) is 30.5 Å². The lowest BCUT2D eigenvalue weighted by Gasteiger charge is -2.27. The molecular weight excluding hydrogens is 479 g/mol. The molecule has 2 saturated heterocycles. The van der Waals surface area contributed by atoms with E-state index in [1.807, 2.05) is 19.1 Å². The molecule has 2 fully saturated rings. The van der Waals surface area contributed by atoms with Crippen LogP contribution in [-0.2, 0) is 9.59 Å². The molecule has 2 aromatic carbocycles. The summed E-state index contributed by atoms with van der Waals surface area (Å²) in [6, 6.07) is 10.2. The monoisotopic (exact) mass is 506 g/mol. The Balaban J connectivity index is 1.33. The number of aromatic amines is 1. The number of halogens is 1. The first-order valence-electron chi connectivity index (χ1n) is 12.2. The van der Waals surface area contributed by atoms with Crippen molar-refractivity contribution >= 4 is 34.9 Å². The van der Waals surface area contributed by atoms with Crippen molar-refractivity contribution in [3.63, 3.8) is 0 Å². The van der Waals surface area contributed by atoms with Crippen LogP contribution in [-0.4, -0.2) is 62.5 Å². The van der Waals surface area contributed by atoms with Crippen LogP contribution in [0.3, 0.4) is 0 Å². The van der Waals surface area contributed by atoms with Gasteiger partial charge in [-0.2, -0.15) is 5.21 Å².